The topological polar surface area (TPSA) is 69.7 Å². The first kappa shape index (κ1) is 23.9. The second-order valence-electron chi connectivity index (χ2n) is 7.67. The van der Waals surface area contributed by atoms with E-state index in [1.54, 1.807) is 42.5 Å². The Kier molecular flexibility index (Phi) is 8.22. The van der Waals surface area contributed by atoms with Gasteiger partial charge in [0.25, 0.3) is 5.91 Å². The summed E-state index contributed by atoms with van der Waals surface area (Å²) in [5.74, 6) is -0.177. The molecule has 1 aliphatic heterocycles. The van der Waals surface area contributed by atoms with Gasteiger partial charge in [-0.15, -0.1) is 0 Å². The van der Waals surface area contributed by atoms with Crippen molar-refractivity contribution in [1.29, 1.82) is 0 Å². The smallest absolute Gasteiger partial charge is 0.251 e. The summed E-state index contributed by atoms with van der Waals surface area (Å²) in [5, 5.41) is 3.72. The van der Waals surface area contributed by atoms with E-state index in [1.807, 2.05) is 0 Å². The number of piperidine rings is 1. The van der Waals surface area contributed by atoms with Gasteiger partial charge in [0.2, 0.25) is 10.0 Å². The highest BCUT2D eigenvalue weighted by Gasteiger charge is 2.21. The molecule has 1 aliphatic rings. The molecule has 9 heteroatoms. The quantitative estimate of drug-likeness (QED) is 0.611. The third-order valence-electron chi connectivity index (χ3n) is 5.34. The van der Waals surface area contributed by atoms with Crippen molar-refractivity contribution < 1.29 is 13.2 Å². The van der Waals surface area contributed by atoms with E-state index in [-0.39, 0.29) is 12.5 Å². The third kappa shape index (κ3) is 6.59. The van der Waals surface area contributed by atoms with Gasteiger partial charge in [0.1, 0.15) is 0 Å². The molecule has 1 amide bonds. The Bertz CT molecular complexity index is 987. The summed E-state index contributed by atoms with van der Waals surface area (Å²) in [5.41, 5.74) is 1.44. The zero-order valence-corrected chi connectivity index (χ0v) is 19.8. The number of hydrogen-bond acceptors (Lipinski definition) is 4. The molecule has 0 radical (unpaired) electrons. The molecular weight excluding hydrogens is 457 g/mol. The minimum absolute atomic E-state index is 0.00127. The molecule has 6 nitrogen and oxygen atoms in total. The number of carbonyl (C=O) groups excluding carboxylic acids is 1. The van der Waals surface area contributed by atoms with Gasteiger partial charge in [0, 0.05) is 34.3 Å². The molecule has 31 heavy (non-hydrogen) atoms. The highest BCUT2D eigenvalue weighted by atomic mass is 35.5. The predicted octanol–water partition coefficient (Wildman–Crippen LogP) is 4.18. The van der Waals surface area contributed by atoms with E-state index in [0.717, 1.165) is 25.9 Å². The molecular formula is C22H27Cl2N3O3S. The molecule has 2 aromatic carbocycles. The fraction of sp³-hybridized carbons (Fsp3) is 0.409. The van der Waals surface area contributed by atoms with E-state index < -0.39 is 10.0 Å². The number of nitrogens with one attached hydrogen (secondary N) is 1. The Balaban J connectivity index is 1.67. The minimum Gasteiger partial charge on any atom is -0.351 e. The second kappa shape index (κ2) is 10.7. The second-order valence-corrected chi connectivity index (χ2v) is 10.4. The summed E-state index contributed by atoms with van der Waals surface area (Å²) in [6, 6.07) is 11.5. The van der Waals surface area contributed by atoms with Crippen LogP contribution in [0.15, 0.2) is 42.5 Å². The molecule has 3 rings (SSSR count). The van der Waals surface area contributed by atoms with Gasteiger partial charge in [0.15, 0.2) is 0 Å². The van der Waals surface area contributed by atoms with Crippen LogP contribution in [-0.4, -0.2) is 51.7 Å². The van der Waals surface area contributed by atoms with Crippen molar-refractivity contribution in [3.8, 4) is 0 Å². The van der Waals surface area contributed by atoms with Gasteiger partial charge in [-0.25, -0.2) is 8.42 Å². The Morgan fingerprint density at radius 3 is 2.23 bits per heavy atom. The number of benzene rings is 2. The van der Waals surface area contributed by atoms with Crippen LogP contribution >= 0.6 is 23.2 Å². The monoisotopic (exact) mass is 483 g/mol. The van der Waals surface area contributed by atoms with Crippen LogP contribution in [0.1, 0.15) is 35.2 Å². The number of carbonyl (C=O) groups is 1. The zero-order chi connectivity index (χ0) is 22.4. The summed E-state index contributed by atoms with van der Waals surface area (Å²) in [6.07, 6.45) is 4.83. The summed E-state index contributed by atoms with van der Waals surface area (Å²) >= 11 is 12.4. The van der Waals surface area contributed by atoms with Crippen LogP contribution in [0.4, 0.5) is 5.69 Å². The molecule has 0 saturated carbocycles. The Labute approximate surface area is 194 Å². The summed E-state index contributed by atoms with van der Waals surface area (Å²) in [4.78, 5) is 14.8. The number of hydrogen-bond donors (Lipinski definition) is 1. The van der Waals surface area contributed by atoms with Gasteiger partial charge in [0.05, 0.1) is 18.5 Å². The number of nitrogens with zero attached hydrogens (tertiary/aromatic N) is 2. The van der Waals surface area contributed by atoms with Crippen LogP contribution < -0.4 is 9.62 Å². The lowest BCUT2D eigenvalue weighted by Gasteiger charge is -2.26. The van der Waals surface area contributed by atoms with Crippen LogP contribution in [0.25, 0.3) is 0 Å². The lowest BCUT2D eigenvalue weighted by Crippen LogP contribution is -2.37. The summed E-state index contributed by atoms with van der Waals surface area (Å²) in [7, 11) is -3.60. The van der Waals surface area contributed by atoms with Crippen LogP contribution in [0.2, 0.25) is 10.0 Å². The van der Waals surface area contributed by atoms with Crippen LogP contribution in [0.5, 0.6) is 0 Å². The SMILES string of the molecule is CS(=O)(=O)N(Cc1c(Cl)cccc1Cl)c1ccc(C(=O)NCCN2CCCCC2)cc1. The normalized spacial score (nSPS) is 14.9. The number of amides is 1. The largest absolute Gasteiger partial charge is 0.351 e. The standard InChI is InChI=1S/C22H27Cl2N3O3S/c1-31(29,30)27(16-19-20(23)6-5-7-21(19)24)18-10-8-17(9-11-18)22(28)25-12-15-26-13-3-2-4-14-26/h5-11H,2-4,12-16H2,1H3,(H,25,28). The zero-order valence-electron chi connectivity index (χ0n) is 17.5. The van der Waals surface area contributed by atoms with E-state index in [0.29, 0.717) is 33.4 Å². The molecule has 0 aromatic heterocycles. The molecule has 1 N–H and O–H groups in total. The number of anilines is 1. The average Bonchev–Trinajstić information content (AvgIpc) is 2.73. The van der Waals surface area contributed by atoms with E-state index >= 15 is 0 Å². The highest BCUT2D eigenvalue weighted by molar-refractivity contribution is 7.92. The lowest BCUT2D eigenvalue weighted by atomic mass is 10.1. The van der Waals surface area contributed by atoms with Crippen molar-refractivity contribution in [2.45, 2.75) is 25.8 Å². The fourth-order valence-corrected chi connectivity index (χ4v) is 5.00. The number of rotatable bonds is 8. The molecule has 0 atom stereocenters. The van der Waals surface area contributed by atoms with E-state index in [9.17, 15) is 13.2 Å². The first-order chi connectivity index (χ1) is 14.8. The molecule has 0 aliphatic carbocycles. The van der Waals surface area contributed by atoms with Crippen molar-refractivity contribution >= 4 is 44.8 Å². The molecule has 2 aromatic rings. The van der Waals surface area contributed by atoms with Crippen LogP contribution in [-0.2, 0) is 16.6 Å². The van der Waals surface area contributed by atoms with Crippen molar-refractivity contribution in [2.75, 3.05) is 36.7 Å². The molecule has 1 saturated heterocycles. The number of sulfonamides is 1. The van der Waals surface area contributed by atoms with Gasteiger partial charge < -0.3 is 10.2 Å². The van der Waals surface area contributed by atoms with E-state index in [2.05, 4.69) is 10.2 Å². The van der Waals surface area contributed by atoms with Gasteiger partial charge in [-0.2, -0.15) is 0 Å². The fourth-order valence-electron chi connectivity index (χ4n) is 3.62. The molecule has 1 fully saturated rings. The van der Waals surface area contributed by atoms with Crippen LogP contribution in [0, 0.1) is 0 Å². The van der Waals surface area contributed by atoms with Gasteiger partial charge >= 0.3 is 0 Å². The van der Waals surface area contributed by atoms with Crippen molar-refractivity contribution in [2.24, 2.45) is 0 Å². The molecule has 0 unspecified atom stereocenters. The maximum atomic E-state index is 12.4. The summed E-state index contributed by atoms with van der Waals surface area (Å²) < 4.78 is 26.1. The van der Waals surface area contributed by atoms with Crippen LogP contribution in [0.3, 0.4) is 0 Å². The lowest BCUT2D eigenvalue weighted by molar-refractivity contribution is 0.0946. The molecule has 0 spiro atoms. The molecule has 1 heterocycles. The average molecular weight is 484 g/mol. The van der Waals surface area contributed by atoms with Gasteiger partial charge in [-0.05, 0) is 62.3 Å². The predicted molar refractivity (Wildman–Crippen MR) is 127 cm³/mol. The Morgan fingerprint density at radius 1 is 1.03 bits per heavy atom. The molecule has 168 valence electrons. The van der Waals surface area contributed by atoms with E-state index in [1.165, 1.54) is 23.6 Å². The van der Waals surface area contributed by atoms with E-state index in [4.69, 9.17) is 23.2 Å². The van der Waals surface area contributed by atoms with Gasteiger partial charge in [-0.3, -0.25) is 9.10 Å². The van der Waals surface area contributed by atoms with Crippen molar-refractivity contribution in [1.82, 2.24) is 10.2 Å². The third-order valence-corrected chi connectivity index (χ3v) is 7.19. The Hall–Kier alpha value is -1.80. The first-order valence-corrected chi connectivity index (χ1v) is 12.9. The van der Waals surface area contributed by atoms with Gasteiger partial charge in [-0.1, -0.05) is 35.7 Å². The minimum atomic E-state index is -3.60. The highest BCUT2D eigenvalue weighted by Crippen LogP contribution is 2.29. The first-order valence-electron chi connectivity index (χ1n) is 10.3. The maximum absolute atomic E-state index is 12.4. The van der Waals surface area contributed by atoms with Crippen molar-refractivity contribution in [3.63, 3.8) is 0 Å². The Morgan fingerprint density at radius 2 is 1.65 bits per heavy atom. The number of halogens is 2. The maximum Gasteiger partial charge on any atom is 0.251 e. The molecule has 0 bridgehead atoms. The van der Waals surface area contributed by atoms with Crippen molar-refractivity contribution in [3.05, 3.63) is 63.6 Å². The number of likely N-dealkylation sites (tertiary alicyclic amines) is 1. The summed E-state index contributed by atoms with van der Waals surface area (Å²) in [6.45, 7) is 3.59.